The summed E-state index contributed by atoms with van der Waals surface area (Å²) in [6.45, 7) is 14.1. The van der Waals surface area contributed by atoms with Crippen LogP contribution in [-0.2, 0) is 25.6 Å². The van der Waals surface area contributed by atoms with Crippen molar-refractivity contribution in [2.24, 2.45) is 0 Å². The van der Waals surface area contributed by atoms with E-state index in [1.165, 1.54) is 6.08 Å². The van der Waals surface area contributed by atoms with Crippen molar-refractivity contribution in [3.8, 4) is 0 Å². The molecule has 0 spiro atoms. The summed E-state index contributed by atoms with van der Waals surface area (Å²) in [5.74, 6) is -0.697. The zero-order valence-corrected chi connectivity index (χ0v) is 24.7. The number of carbonyl (C=O) groups is 3. The number of aliphatic hydroxyl groups excluding tert-OH is 1. The minimum absolute atomic E-state index is 0.0241. The van der Waals surface area contributed by atoms with Crippen LogP contribution in [-0.4, -0.2) is 64.3 Å². The van der Waals surface area contributed by atoms with Gasteiger partial charge in [-0.15, -0.1) is 0 Å². The van der Waals surface area contributed by atoms with Gasteiger partial charge in [0.1, 0.15) is 23.4 Å². The molecule has 0 unspecified atom stereocenters. The quantitative estimate of drug-likeness (QED) is 0.121. The monoisotopic (exact) mass is 570 g/mol. The predicted molar refractivity (Wildman–Crippen MR) is 154 cm³/mol. The Morgan fingerprint density at radius 3 is 2.02 bits per heavy atom. The van der Waals surface area contributed by atoms with Crippen LogP contribution in [0.2, 0.25) is 0 Å². The molecule has 0 fully saturated rings. The van der Waals surface area contributed by atoms with Crippen molar-refractivity contribution in [1.29, 1.82) is 0 Å². The predicted octanol–water partition coefficient (Wildman–Crippen LogP) is 5.41. The van der Waals surface area contributed by atoms with E-state index in [1.54, 1.807) is 71.9 Å². The van der Waals surface area contributed by atoms with E-state index in [9.17, 15) is 19.5 Å². The van der Waals surface area contributed by atoms with Crippen LogP contribution in [0.5, 0.6) is 0 Å². The van der Waals surface area contributed by atoms with Gasteiger partial charge in [-0.25, -0.2) is 24.8 Å². The number of hydrogen-bond acceptors (Lipinski definition) is 8. The topological polar surface area (TPSA) is 124 Å². The third kappa shape index (κ3) is 12.0. The molecule has 10 nitrogen and oxygen atoms in total. The van der Waals surface area contributed by atoms with Crippen molar-refractivity contribution in [1.82, 2.24) is 10.4 Å². The van der Waals surface area contributed by atoms with Crippen molar-refractivity contribution < 1.29 is 38.4 Å². The number of carbonyl (C=O) groups excluding carboxylic acids is 3. The fourth-order valence-electron chi connectivity index (χ4n) is 3.64. The molecule has 0 aliphatic rings. The maximum atomic E-state index is 13.4. The van der Waals surface area contributed by atoms with Crippen LogP contribution in [0.3, 0.4) is 0 Å². The van der Waals surface area contributed by atoms with Gasteiger partial charge in [0.05, 0.1) is 18.2 Å². The highest BCUT2D eigenvalue weighted by Gasteiger charge is 2.39. The first-order valence-corrected chi connectivity index (χ1v) is 13.4. The molecule has 2 aromatic rings. The van der Waals surface area contributed by atoms with Crippen molar-refractivity contribution in [3.05, 3.63) is 84.4 Å². The highest BCUT2D eigenvalue weighted by molar-refractivity contribution is 5.89. The molecule has 0 aromatic heterocycles. The number of esters is 1. The summed E-state index contributed by atoms with van der Waals surface area (Å²) in [5, 5.41) is 12.3. The molecule has 2 amide bonds. The van der Waals surface area contributed by atoms with Crippen LogP contribution in [0.4, 0.5) is 9.59 Å². The van der Waals surface area contributed by atoms with Crippen LogP contribution in [0.15, 0.2) is 73.3 Å². The Bertz CT molecular complexity index is 1130. The van der Waals surface area contributed by atoms with E-state index in [4.69, 9.17) is 18.9 Å². The van der Waals surface area contributed by atoms with Gasteiger partial charge < -0.3 is 24.1 Å². The summed E-state index contributed by atoms with van der Waals surface area (Å²) >= 11 is 0. The Balaban J connectivity index is 2.36. The van der Waals surface area contributed by atoms with Gasteiger partial charge in [-0.2, -0.15) is 0 Å². The molecule has 0 aliphatic heterocycles. The lowest BCUT2D eigenvalue weighted by Crippen LogP contribution is -2.60. The third-order valence-electron chi connectivity index (χ3n) is 5.42. The molecule has 2 aromatic carbocycles. The maximum Gasteiger partial charge on any atom is 0.429 e. The summed E-state index contributed by atoms with van der Waals surface area (Å²) < 4.78 is 22.2. The van der Waals surface area contributed by atoms with Crippen molar-refractivity contribution in [2.75, 3.05) is 6.61 Å². The Labute approximate surface area is 242 Å². The number of hydrazine groups is 1. The number of aliphatic hydroxyl groups is 1. The number of ether oxygens (including phenoxy) is 4. The zero-order chi connectivity index (χ0) is 30.6. The van der Waals surface area contributed by atoms with Crippen molar-refractivity contribution in [2.45, 2.75) is 84.0 Å². The smallest absolute Gasteiger partial charge is 0.429 e. The summed E-state index contributed by atoms with van der Waals surface area (Å²) in [5.41, 5.74) is 1.81. The average molecular weight is 571 g/mol. The normalized spacial score (nSPS) is 13.7. The SMILES string of the molecule is C=C[C@H](OC(=O)c1ccccc1)[C@H](O)[C@@H](CCOCc1ccccc1)N(NC(=O)OC(C)(C)C)C(=O)OC(C)(C)C. The van der Waals surface area contributed by atoms with Gasteiger partial charge in [-0.1, -0.05) is 55.1 Å². The van der Waals surface area contributed by atoms with Crippen LogP contribution in [0.25, 0.3) is 0 Å². The van der Waals surface area contributed by atoms with Gasteiger partial charge in [0.15, 0.2) is 0 Å². The molecule has 0 aliphatic carbocycles. The number of amides is 2. The summed E-state index contributed by atoms with van der Waals surface area (Å²) in [4.78, 5) is 38.9. The lowest BCUT2D eigenvalue weighted by molar-refractivity contribution is -0.0661. The molecule has 2 rings (SSSR count). The van der Waals surface area contributed by atoms with E-state index < -0.39 is 47.6 Å². The maximum absolute atomic E-state index is 13.4. The molecule has 10 heteroatoms. The molecular formula is C31H42N2O8. The molecule has 0 bridgehead atoms. The first kappa shape index (κ1) is 33.3. The highest BCUT2D eigenvalue weighted by Crippen LogP contribution is 2.20. The average Bonchev–Trinajstić information content (AvgIpc) is 2.89. The van der Waals surface area contributed by atoms with E-state index in [0.717, 1.165) is 10.6 Å². The fourth-order valence-corrected chi connectivity index (χ4v) is 3.64. The van der Waals surface area contributed by atoms with Crippen molar-refractivity contribution >= 4 is 18.2 Å². The van der Waals surface area contributed by atoms with Gasteiger partial charge in [-0.3, -0.25) is 0 Å². The molecule has 0 heterocycles. The number of rotatable bonds is 11. The van der Waals surface area contributed by atoms with E-state index in [2.05, 4.69) is 12.0 Å². The molecule has 0 saturated carbocycles. The Morgan fingerprint density at radius 1 is 0.927 bits per heavy atom. The zero-order valence-electron chi connectivity index (χ0n) is 24.7. The highest BCUT2D eigenvalue weighted by atomic mass is 16.6. The Morgan fingerprint density at radius 2 is 1.49 bits per heavy atom. The summed E-state index contributed by atoms with van der Waals surface area (Å²) in [6, 6.07) is 16.5. The largest absolute Gasteiger partial charge is 0.452 e. The number of hydrogen-bond donors (Lipinski definition) is 2. The second-order valence-corrected chi connectivity index (χ2v) is 11.3. The van der Waals surface area contributed by atoms with Gasteiger partial charge in [0, 0.05) is 6.61 Å². The van der Waals surface area contributed by atoms with E-state index in [0.29, 0.717) is 0 Å². The lowest BCUT2D eigenvalue weighted by atomic mass is 10.0. The first-order chi connectivity index (χ1) is 19.2. The third-order valence-corrected chi connectivity index (χ3v) is 5.42. The summed E-state index contributed by atoms with van der Waals surface area (Å²) in [6.07, 6.45) is -3.41. The Kier molecular flexibility index (Phi) is 12.4. The van der Waals surface area contributed by atoms with Crippen LogP contribution in [0.1, 0.15) is 63.9 Å². The first-order valence-electron chi connectivity index (χ1n) is 13.4. The number of benzene rings is 2. The van der Waals surface area contributed by atoms with Gasteiger partial charge in [0.25, 0.3) is 0 Å². The molecule has 3 atom stereocenters. The van der Waals surface area contributed by atoms with Crippen molar-refractivity contribution in [3.63, 3.8) is 0 Å². The second kappa shape index (κ2) is 15.2. The van der Waals surface area contributed by atoms with E-state index in [-0.39, 0.29) is 25.2 Å². The van der Waals surface area contributed by atoms with Gasteiger partial charge in [-0.05, 0) is 71.7 Å². The van der Waals surface area contributed by atoms with Crippen LogP contribution >= 0.6 is 0 Å². The molecular weight excluding hydrogens is 528 g/mol. The minimum Gasteiger partial charge on any atom is -0.452 e. The molecule has 0 saturated heterocycles. The van der Waals surface area contributed by atoms with Crippen LogP contribution < -0.4 is 5.43 Å². The van der Waals surface area contributed by atoms with E-state index in [1.807, 2.05) is 30.3 Å². The lowest BCUT2D eigenvalue weighted by Gasteiger charge is -2.37. The van der Waals surface area contributed by atoms with E-state index >= 15 is 0 Å². The molecule has 0 radical (unpaired) electrons. The fraction of sp³-hybridized carbons (Fsp3) is 0.452. The standard InChI is InChI=1S/C31H42N2O8/c1-8-25(39-27(35)23-17-13-10-14-18-23)26(34)24(19-20-38-21-22-15-11-9-12-16-22)33(29(37)41-31(5,6)7)32-28(36)40-30(2,3)4/h8-18,24-26,34H,1,19-21H2,2-7H3,(H,32,36)/t24-,25+,26-/m1/s1. The Hall–Kier alpha value is -3.89. The second-order valence-electron chi connectivity index (χ2n) is 11.3. The molecule has 224 valence electrons. The number of nitrogens with one attached hydrogen (secondary N) is 1. The van der Waals surface area contributed by atoms with Crippen LogP contribution in [0, 0.1) is 0 Å². The number of nitrogens with zero attached hydrogens (tertiary/aromatic N) is 1. The van der Waals surface area contributed by atoms with Gasteiger partial charge >= 0.3 is 18.2 Å². The molecule has 2 N–H and O–H groups in total. The minimum atomic E-state index is -1.54. The molecule has 41 heavy (non-hydrogen) atoms. The summed E-state index contributed by atoms with van der Waals surface area (Å²) in [7, 11) is 0. The van der Waals surface area contributed by atoms with Gasteiger partial charge in [0.2, 0.25) is 0 Å².